The van der Waals surface area contributed by atoms with Gasteiger partial charge in [-0.1, -0.05) is 12.1 Å². The Balaban J connectivity index is 2.09. The average Bonchev–Trinajstić information content (AvgIpc) is 2.45. The van der Waals surface area contributed by atoms with Crippen LogP contribution in [0.3, 0.4) is 0 Å². The zero-order valence-electron chi connectivity index (χ0n) is 12.1. The summed E-state index contributed by atoms with van der Waals surface area (Å²) < 4.78 is 5.81. The monoisotopic (exact) mass is 272 g/mol. The van der Waals surface area contributed by atoms with E-state index < -0.39 is 0 Å². The third-order valence-corrected chi connectivity index (χ3v) is 3.53. The first-order valence-corrected chi connectivity index (χ1v) is 7.02. The number of hydrogen-bond donors (Lipinski definition) is 1. The minimum Gasteiger partial charge on any atom is -0.372 e. The van der Waals surface area contributed by atoms with Crippen LogP contribution in [0.15, 0.2) is 24.3 Å². The Bertz CT molecular complexity index is 606. The van der Waals surface area contributed by atoms with Gasteiger partial charge in [-0.05, 0) is 26.0 Å². The van der Waals surface area contributed by atoms with Crippen LogP contribution >= 0.6 is 0 Å². The van der Waals surface area contributed by atoms with E-state index in [-0.39, 0.29) is 12.2 Å². The predicted octanol–water partition coefficient (Wildman–Crippen LogP) is 2.29. The van der Waals surface area contributed by atoms with Crippen molar-refractivity contribution in [3.63, 3.8) is 0 Å². The van der Waals surface area contributed by atoms with Crippen LogP contribution in [0.1, 0.15) is 13.8 Å². The Morgan fingerprint density at radius 2 is 1.85 bits per heavy atom. The quantitative estimate of drug-likeness (QED) is 0.909. The first-order valence-electron chi connectivity index (χ1n) is 7.02. The van der Waals surface area contributed by atoms with Gasteiger partial charge in [-0.2, -0.15) is 4.98 Å². The molecular formula is C15H20N4O. The Kier molecular flexibility index (Phi) is 3.44. The molecule has 1 N–H and O–H groups in total. The molecule has 1 aromatic carbocycles. The first-order chi connectivity index (χ1) is 9.67. The maximum absolute atomic E-state index is 5.81. The summed E-state index contributed by atoms with van der Waals surface area (Å²) in [6.45, 7) is 5.92. The van der Waals surface area contributed by atoms with Crippen molar-refractivity contribution in [3.05, 3.63) is 24.3 Å². The predicted molar refractivity (Wildman–Crippen MR) is 81.3 cm³/mol. The van der Waals surface area contributed by atoms with Crippen molar-refractivity contribution < 1.29 is 4.74 Å². The summed E-state index contributed by atoms with van der Waals surface area (Å²) in [6, 6.07) is 8.13. The van der Waals surface area contributed by atoms with E-state index in [2.05, 4.69) is 40.1 Å². The van der Waals surface area contributed by atoms with Crippen molar-refractivity contribution in [1.82, 2.24) is 9.97 Å². The van der Waals surface area contributed by atoms with Gasteiger partial charge < -0.3 is 15.0 Å². The third-order valence-electron chi connectivity index (χ3n) is 3.53. The smallest absolute Gasteiger partial charge is 0.224 e. The Hall–Kier alpha value is -1.88. The second kappa shape index (κ2) is 5.25. The average molecular weight is 272 g/mol. The second-order valence-corrected chi connectivity index (χ2v) is 5.30. The molecule has 20 heavy (non-hydrogen) atoms. The van der Waals surface area contributed by atoms with E-state index in [0.29, 0.717) is 5.95 Å². The molecule has 3 rings (SSSR count). The molecule has 1 fully saturated rings. The Morgan fingerprint density at radius 1 is 1.15 bits per heavy atom. The molecule has 5 nitrogen and oxygen atoms in total. The molecule has 5 heteroatoms. The fourth-order valence-corrected chi connectivity index (χ4v) is 2.76. The van der Waals surface area contributed by atoms with E-state index in [4.69, 9.17) is 4.74 Å². The molecule has 1 aliphatic rings. The van der Waals surface area contributed by atoms with Crippen molar-refractivity contribution >= 4 is 22.7 Å². The van der Waals surface area contributed by atoms with Crippen LogP contribution in [0, 0.1) is 0 Å². The van der Waals surface area contributed by atoms with E-state index in [1.54, 1.807) is 0 Å². The van der Waals surface area contributed by atoms with Gasteiger partial charge in [0.25, 0.3) is 0 Å². The lowest BCUT2D eigenvalue weighted by atomic mass is 10.2. The summed E-state index contributed by atoms with van der Waals surface area (Å²) in [5.41, 5.74) is 0.966. The number of hydrogen-bond acceptors (Lipinski definition) is 5. The lowest BCUT2D eigenvalue weighted by Crippen LogP contribution is -2.46. The number of nitrogens with one attached hydrogen (secondary N) is 1. The summed E-state index contributed by atoms with van der Waals surface area (Å²) >= 11 is 0. The molecule has 1 saturated heterocycles. The van der Waals surface area contributed by atoms with Crippen LogP contribution in [0.4, 0.5) is 11.8 Å². The molecular weight excluding hydrogens is 252 g/mol. The summed E-state index contributed by atoms with van der Waals surface area (Å²) in [5.74, 6) is 1.65. The van der Waals surface area contributed by atoms with Crippen LogP contribution in [-0.4, -0.2) is 42.3 Å². The molecule has 106 valence electrons. The minimum absolute atomic E-state index is 0.213. The van der Waals surface area contributed by atoms with Gasteiger partial charge in [0, 0.05) is 25.5 Å². The SMILES string of the molecule is CNc1nc(N2C[C@@H](C)O[C@@H](C)C2)c2ccccc2n1. The number of benzene rings is 1. The molecule has 1 aliphatic heterocycles. The van der Waals surface area contributed by atoms with E-state index in [0.717, 1.165) is 29.8 Å². The van der Waals surface area contributed by atoms with Crippen LogP contribution in [0.5, 0.6) is 0 Å². The first kappa shape index (κ1) is 13.1. The molecule has 0 unspecified atom stereocenters. The number of aromatic nitrogens is 2. The highest BCUT2D eigenvalue weighted by Crippen LogP contribution is 2.27. The molecule has 0 amide bonds. The molecule has 2 atom stereocenters. The summed E-state index contributed by atoms with van der Waals surface area (Å²) in [5, 5.41) is 4.13. The van der Waals surface area contributed by atoms with Gasteiger partial charge in [-0.3, -0.25) is 0 Å². The third kappa shape index (κ3) is 2.41. The summed E-state index contributed by atoms with van der Waals surface area (Å²) in [6.07, 6.45) is 0.427. The maximum Gasteiger partial charge on any atom is 0.224 e. The molecule has 2 heterocycles. The summed E-state index contributed by atoms with van der Waals surface area (Å²) in [7, 11) is 1.85. The number of nitrogens with zero attached hydrogens (tertiary/aromatic N) is 3. The second-order valence-electron chi connectivity index (χ2n) is 5.30. The van der Waals surface area contributed by atoms with Gasteiger partial charge in [-0.15, -0.1) is 0 Å². The fraction of sp³-hybridized carbons (Fsp3) is 0.467. The van der Waals surface area contributed by atoms with Crippen molar-refractivity contribution in [3.8, 4) is 0 Å². The highest BCUT2D eigenvalue weighted by Gasteiger charge is 2.25. The van der Waals surface area contributed by atoms with Crippen LogP contribution < -0.4 is 10.2 Å². The fourth-order valence-electron chi connectivity index (χ4n) is 2.76. The Morgan fingerprint density at radius 3 is 2.55 bits per heavy atom. The number of rotatable bonds is 2. The van der Waals surface area contributed by atoms with Crippen molar-refractivity contribution in [1.29, 1.82) is 0 Å². The highest BCUT2D eigenvalue weighted by atomic mass is 16.5. The molecule has 0 saturated carbocycles. The van der Waals surface area contributed by atoms with E-state index in [1.807, 2.05) is 25.2 Å². The van der Waals surface area contributed by atoms with Crippen LogP contribution in [-0.2, 0) is 4.74 Å². The Labute approximate surface area is 119 Å². The molecule has 0 aliphatic carbocycles. The standard InChI is InChI=1S/C15H20N4O/c1-10-8-19(9-11(2)20-10)14-12-6-4-5-7-13(12)17-15(16-3)18-14/h4-7,10-11H,8-9H2,1-3H3,(H,16,17,18)/t10-,11+. The zero-order chi connectivity index (χ0) is 14.1. The molecule has 0 radical (unpaired) electrons. The van der Waals surface area contributed by atoms with Crippen molar-refractivity contribution in [2.45, 2.75) is 26.1 Å². The van der Waals surface area contributed by atoms with Crippen molar-refractivity contribution in [2.24, 2.45) is 0 Å². The van der Waals surface area contributed by atoms with Gasteiger partial charge in [-0.25, -0.2) is 4.98 Å². The van der Waals surface area contributed by atoms with Gasteiger partial charge in [0.2, 0.25) is 5.95 Å². The zero-order valence-corrected chi connectivity index (χ0v) is 12.1. The van der Waals surface area contributed by atoms with E-state index in [1.165, 1.54) is 0 Å². The van der Waals surface area contributed by atoms with Gasteiger partial charge >= 0.3 is 0 Å². The minimum atomic E-state index is 0.213. The lowest BCUT2D eigenvalue weighted by molar-refractivity contribution is -0.00536. The van der Waals surface area contributed by atoms with Gasteiger partial charge in [0.15, 0.2) is 0 Å². The van der Waals surface area contributed by atoms with E-state index in [9.17, 15) is 0 Å². The largest absolute Gasteiger partial charge is 0.372 e. The maximum atomic E-state index is 5.81. The highest BCUT2D eigenvalue weighted by molar-refractivity contribution is 5.90. The topological polar surface area (TPSA) is 50.3 Å². The number of fused-ring (bicyclic) bond motifs is 1. The van der Waals surface area contributed by atoms with Crippen LogP contribution in [0.25, 0.3) is 10.9 Å². The number of para-hydroxylation sites is 1. The van der Waals surface area contributed by atoms with Crippen molar-refractivity contribution in [2.75, 3.05) is 30.4 Å². The van der Waals surface area contributed by atoms with Crippen LogP contribution in [0.2, 0.25) is 0 Å². The normalized spacial score (nSPS) is 23.1. The molecule has 0 spiro atoms. The number of morpholine rings is 1. The molecule has 0 bridgehead atoms. The summed E-state index contributed by atoms with van der Waals surface area (Å²) in [4.78, 5) is 11.5. The lowest BCUT2D eigenvalue weighted by Gasteiger charge is -2.36. The van der Waals surface area contributed by atoms with Gasteiger partial charge in [0.05, 0.1) is 17.7 Å². The number of anilines is 2. The van der Waals surface area contributed by atoms with Gasteiger partial charge in [0.1, 0.15) is 5.82 Å². The van der Waals surface area contributed by atoms with E-state index >= 15 is 0 Å². The molecule has 2 aromatic rings. The number of ether oxygens (including phenoxy) is 1. The molecule has 1 aromatic heterocycles.